The molecule has 2 rings (SSSR count). The predicted octanol–water partition coefficient (Wildman–Crippen LogP) is 1.17. The molecule has 19 heavy (non-hydrogen) atoms. The minimum Gasteiger partial charge on any atom is -0.384 e. The summed E-state index contributed by atoms with van der Waals surface area (Å²) in [6.45, 7) is 7.37. The minimum absolute atomic E-state index is 0.557. The normalized spacial score (nSPS) is 21.3. The maximum absolute atomic E-state index is 4.25. The highest BCUT2D eigenvalue weighted by Gasteiger charge is 2.21. The van der Waals surface area contributed by atoms with Gasteiger partial charge in [0.2, 0.25) is 0 Å². The molecule has 1 unspecified atom stereocenters. The van der Waals surface area contributed by atoms with Crippen molar-refractivity contribution in [2.75, 3.05) is 57.5 Å². The molecule has 0 saturated carbocycles. The number of rotatable bonds is 5. The van der Waals surface area contributed by atoms with Crippen LogP contribution in [-0.4, -0.2) is 67.6 Å². The summed E-state index contributed by atoms with van der Waals surface area (Å²) in [6.07, 6.45) is 3.74. The molecule has 106 valence electrons. The third-order valence-electron chi connectivity index (χ3n) is 3.64. The van der Waals surface area contributed by atoms with Crippen molar-refractivity contribution in [1.82, 2.24) is 14.8 Å². The van der Waals surface area contributed by atoms with Crippen molar-refractivity contribution in [3.05, 3.63) is 18.5 Å². The fraction of sp³-hybridized carbons (Fsp3) is 0.643. The molecular formula is C14H25N5. The third kappa shape index (κ3) is 4.08. The van der Waals surface area contributed by atoms with Crippen LogP contribution in [0, 0.1) is 0 Å². The van der Waals surface area contributed by atoms with Crippen LogP contribution >= 0.6 is 0 Å². The van der Waals surface area contributed by atoms with E-state index in [2.05, 4.69) is 52.5 Å². The molecule has 2 heterocycles. The Hall–Kier alpha value is -1.33. The number of nitrogens with zero attached hydrogens (tertiary/aromatic N) is 3. The zero-order valence-electron chi connectivity index (χ0n) is 12.2. The smallest absolute Gasteiger partial charge is 0.0548 e. The zero-order valence-corrected chi connectivity index (χ0v) is 12.2. The van der Waals surface area contributed by atoms with Crippen LogP contribution in [0.15, 0.2) is 18.5 Å². The topological polar surface area (TPSA) is 43.4 Å². The second-order valence-electron chi connectivity index (χ2n) is 5.27. The van der Waals surface area contributed by atoms with E-state index in [0.717, 1.165) is 44.1 Å². The molecule has 1 atom stereocenters. The molecule has 0 radical (unpaired) electrons. The van der Waals surface area contributed by atoms with E-state index < -0.39 is 0 Å². The Bertz CT molecular complexity index is 395. The number of piperazine rings is 1. The Morgan fingerprint density at radius 2 is 1.95 bits per heavy atom. The summed E-state index contributed by atoms with van der Waals surface area (Å²) in [7, 11) is 4.39. The van der Waals surface area contributed by atoms with Crippen LogP contribution in [-0.2, 0) is 0 Å². The Labute approximate surface area is 116 Å². The molecule has 0 bridgehead atoms. The molecule has 1 fully saturated rings. The summed E-state index contributed by atoms with van der Waals surface area (Å²) >= 11 is 0. The van der Waals surface area contributed by atoms with Crippen molar-refractivity contribution >= 4 is 11.4 Å². The number of nitrogens with one attached hydrogen (secondary N) is 2. The maximum Gasteiger partial charge on any atom is 0.0548 e. The Balaban J connectivity index is 1.88. The lowest BCUT2D eigenvalue weighted by Crippen LogP contribution is -2.52. The van der Waals surface area contributed by atoms with Gasteiger partial charge in [0, 0.05) is 38.8 Å². The maximum atomic E-state index is 4.25. The molecule has 1 saturated heterocycles. The highest BCUT2D eigenvalue weighted by atomic mass is 15.3. The van der Waals surface area contributed by atoms with Gasteiger partial charge in [-0.3, -0.25) is 9.88 Å². The second kappa shape index (κ2) is 6.73. The highest BCUT2D eigenvalue weighted by molar-refractivity contribution is 5.53. The average Bonchev–Trinajstić information content (AvgIpc) is 2.41. The van der Waals surface area contributed by atoms with E-state index in [1.807, 2.05) is 12.4 Å². The number of aromatic nitrogens is 1. The lowest BCUT2D eigenvalue weighted by Gasteiger charge is -2.37. The van der Waals surface area contributed by atoms with Gasteiger partial charge in [0.1, 0.15) is 0 Å². The van der Waals surface area contributed by atoms with Crippen molar-refractivity contribution in [3.8, 4) is 0 Å². The molecule has 0 aliphatic carbocycles. The van der Waals surface area contributed by atoms with Crippen molar-refractivity contribution in [1.29, 1.82) is 0 Å². The fourth-order valence-corrected chi connectivity index (χ4v) is 2.39. The standard InChI is InChI=1S/C14H25N5/c1-4-16-12-7-13(9-15-8-12)17-10-14-11-18(2)5-6-19(14)3/h7-9,14,16-17H,4-6,10-11H2,1-3H3. The van der Waals surface area contributed by atoms with Crippen molar-refractivity contribution in [3.63, 3.8) is 0 Å². The van der Waals surface area contributed by atoms with Crippen molar-refractivity contribution in [2.45, 2.75) is 13.0 Å². The van der Waals surface area contributed by atoms with Crippen molar-refractivity contribution in [2.24, 2.45) is 0 Å². The molecule has 2 N–H and O–H groups in total. The van der Waals surface area contributed by atoms with Gasteiger partial charge >= 0.3 is 0 Å². The molecule has 5 heteroatoms. The first-order valence-corrected chi connectivity index (χ1v) is 7.00. The Morgan fingerprint density at radius 3 is 2.68 bits per heavy atom. The van der Waals surface area contributed by atoms with Gasteiger partial charge in [-0.05, 0) is 27.1 Å². The lowest BCUT2D eigenvalue weighted by atomic mass is 10.2. The van der Waals surface area contributed by atoms with Gasteiger partial charge in [-0.2, -0.15) is 0 Å². The van der Waals surface area contributed by atoms with Crippen LogP contribution in [0.4, 0.5) is 11.4 Å². The number of anilines is 2. The quantitative estimate of drug-likeness (QED) is 0.835. The molecule has 0 spiro atoms. The summed E-state index contributed by atoms with van der Waals surface area (Å²) in [5.41, 5.74) is 2.15. The van der Waals surface area contributed by atoms with Gasteiger partial charge < -0.3 is 15.5 Å². The summed E-state index contributed by atoms with van der Waals surface area (Å²) in [5, 5.41) is 6.77. The molecule has 0 amide bonds. The van der Waals surface area contributed by atoms with E-state index >= 15 is 0 Å². The lowest BCUT2D eigenvalue weighted by molar-refractivity contribution is 0.122. The molecule has 1 aromatic heterocycles. The minimum atomic E-state index is 0.557. The highest BCUT2D eigenvalue weighted by Crippen LogP contribution is 2.14. The van der Waals surface area contributed by atoms with Crippen LogP contribution in [0.25, 0.3) is 0 Å². The first-order chi connectivity index (χ1) is 9.19. The number of pyridine rings is 1. The van der Waals surface area contributed by atoms with Gasteiger partial charge in [0.05, 0.1) is 23.8 Å². The molecule has 1 aliphatic rings. The monoisotopic (exact) mass is 263 g/mol. The number of hydrogen-bond donors (Lipinski definition) is 2. The van der Waals surface area contributed by atoms with Crippen LogP contribution in [0.3, 0.4) is 0 Å². The number of likely N-dealkylation sites (N-methyl/N-ethyl adjacent to an activating group) is 2. The van der Waals surface area contributed by atoms with Gasteiger partial charge in [0.15, 0.2) is 0 Å². The van der Waals surface area contributed by atoms with Crippen LogP contribution in [0.5, 0.6) is 0 Å². The Kier molecular flexibility index (Phi) is 4.99. The van der Waals surface area contributed by atoms with Crippen LogP contribution in [0.1, 0.15) is 6.92 Å². The van der Waals surface area contributed by atoms with E-state index in [1.54, 1.807) is 0 Å². The third-order valence-corrected chi connectivity index (χ3v) is 3.64. The van der Waals surface area contributed by atoms with E-state index in [9.17, 15) is 0 Å². The molecule has 1 aliphatic heterocycles. The predicted molar refractivity (Wildman–Crippen MR) is 80.8 cm³/mol. The summed E-state index contributed by atoms with van der Waals surface area (Å²) in [5.74, 6) is 0. The van der Waals surface area contributed by atoms with E-state index in [4.69, 9.17) is 0 Å². The van der Waals surface area contributed by atoms with E-state index in [-0.39, 0.29) is 0 Å². The Morgan fingerprint density at radius 1 is 1.21 bits per heavy atom. The van der Waals surface area contributed by atoms with Crippen LogP contribution in [0.2, 0.25) is 0 Å². The van der Waals surface area contributed by atoms with Gasteiger partial charge in [-0.25, -0.2) is 0 Å². The van der Waals surface area contributed by atoms with Crippen molar-refractivity contribution < 1.29 is 0 Å². The summed E-state index contributed by atoms with van der Waals surface area (Å²) in [4.78, 5) is 9.07. The van der Waals surface area contributed by atoms with E-state index in [0.29, 0.717) is 6.04 Å². The van der Waals surface area contributed by atoms with Gasteiger partial charge in [0.25, 0.3) is 0 Å². The first-order valence-electron chi connectivity index (χ1n) is 7.00. The van der Waals surface area contributed by atoms with Gasteiger partial charge in [-0.1, -0.05) is 0 Å². The second-order valence-corrected chi connectivity index (χ2v) is 5.27. The fourth-order valence-electron chi connectivity index (χ4n) is 2.39. The SMILES string of the molecule is CCNc1cncc(NCC2CN(C)CCN2C)c1. The average molecular weight is 263 g/mol. The molecule has 5 nitrogen and oxygen atoms in total. The molecule has 1 aromatic rings. The summed E-state index contributed by atoms with van der Waals surface area (Å²) < 4.78 is 0. The zero-order chi connectivity index (χ0) is 13.7. The number of hydrogen-bond acceptors (Lipinski definition) is 5. The first kappa shape index (κ1) is 14.1. The van der Waals surface area contributed by atoms with E-state index in [1.165, 1.54) is 0 Å². The largest absolute Gasteiger partial charge is 0.384 e. The summed E-state index contributed by atoms with van der Waals surface area (Å²) in [6, 6.07) is 2.67. The molecular weight excluding hydrogens is 238 g/mol. The van der Waals surface area contributed by atoms with Crippen LogP contribution < -0.4 is 10.6 Å². The molecule has 0 aromatic carbocycles. The van der Waals surface area contributed by atoms with Gasteiger partial charge in [-0.15, -0.1) is 0 Å².